The first kappa shape index (κ1) is 20.3. The summed E-state index contributed by atoms with van der Waals surface area (Å²) in [6.07, 6.45) is 1.64. The number of rotatable bonds is 7. The highest BCUT2D eigenvalue weighted by atomic mass is 19.1. The van der Waals surface area contributed by atoms with E-state index in [1.807, 2.05) is 4.90 Å². The van der Waals surface area contributed by atoms with Crippen molar-refractivity contribution in [2.45, 2.75) is 39.3 Å². The van der Waals surface area contributed by atoms with Crippen LogP contribution < -0.4 is 10.6 Å². The van der Waals surface area contributed by atoms with Crippen molar-refractivity contribution in [2.75, 3.05) is 19.6 Å². The highest BCUT2D eigenvalue weighted by molar-refractivity contribution is 5.74. The molecule has 2 aromatic rings. The van der Waals surface area contributed by atoms with Crippen LogP contribution in [0.1, 0.15) is 30.5 Å². The molecule has 1 unspecified atom stereocenters. The van der Waals surface area contributed by atoms with Gasteiger partial charge in [0, 0.05) is 32.2 Å². The Morgan fingerprint density at radius 1 is 1.18 bits per heavy atom. The van der Waals surface area contributed by atoms with Crippen molar-refractivity contribution in [3.63, 3.8) is 0 Å². The van der Waals surface area contributed by atoms with Gasteiger partial charge in [0.05, 0.1) is 0 Å². The summed E-state index contributed by atoms with van der Waals surface area (Å²) < 4.78 is 13.1. The Bertz CT molecular complexity index is 776. The first-order valence-corrected chi connectivity index (χ1v) is 10.1. The van der Waals surface area contributed by atoms with E-state index in [1.54, 1.807) is 12.1 Å². The molecule has 0 saturated carbocycles. The molecule has 1 atom stereocenters. The Morgan fingerprint density at radius 3 is 2.61 bits per heavy atom. The van der Waals surface area contributed by atoms with Crippen LogP contribution in [0.15, 0.2) is 48.5 Å². The second-order valence-electron chi connectivity index (χ2n) is 7.95. The van der Waals surface area contributed by atoms with Crippen molar-refractivity contribution in [1.29, 1.82) is 0 Å². The predicted molar refractivity (Wildman–Crippen MR) is 111 cm³/mol. The van der Waals surface area contributed by atoms with Gasteiger partial charge in [-0.2, -0.15) is 0 Å². The zero-order chi connectivity index (χ0) is 19.9. The summed E-state index contributed by atoms with van der Waals surface area (Å²) >= 11 is 0. The van der Waals surface area contributed by atoms with Crippen LogP contribution >= 0.6 is 0 Å². The lowest BCUT2D eigenvalue weighted by atomic mass is 9.96. The van der Waals surface area contributed by atoms with E-state index in [0.29, 0.717) is 25.6 Å². The summed E-state index contributed by atoms with van der Waals surface area (Å²) in [5, 5.41) is 6.60. The summed E-state index contributed by atoms with van der Waals surface area (Å²) in [7, 11) is 0. The van der Waals surface area contributed by atoms with Crippen molar-refractivity contribution in [3.05, 3.63) is 71.0 Å². The fraction of sp³-hybridized carbons (Fsp3) is 0.435. The van der Waals surface area contributed by atoms with Gasteiger partial charge in [-0.3, -0.25) is 0 Å². The summed E-state index contributed by atoms with van der Waals surface area (Å²) in [6, 6.07) is 15.2. The molecule has 1 aliphatic rings. The molecule has 0 saturated heterocycles. The molecule has 0 bridgehead atoms. The number of urea groups is 1. The van der Waals surface area contributed by atoms with Gasteiger partial charge in [-0.15, -0.1) is 0 Å². The molecule has 1 heterocycles. The number of nitrogens with one attached hydrogen (secondary N) is 2. The third-order valence-electron chi connectivity index (χ3n) is 5.12. The molecule has 5 heteroatoms. The van der Waals surface area contributed by atoms with Gasteiger partial charge in [-0.1, -0.05) is 50.2 Å². The number of carbonyl (C=O) groups excluding carboxylic acids is 1. The molecule has 2 amide bonds. The fourth-order valence-corrected chi connectivity index (χ4v) is 3.62. The normalized spacial score (nSPS) is 15.9. The van der Waals surface area contributed by atoms with Crippen molar-refractivity contribution in [1.82, 2.24) is 15.5 Å². The van der Waals surface area contributed by atoms with Gasteiger partial charge in [0.2, 0.25) is 0 Å². The van der Waals surface area contributed by atoms with Crippen LogP contribution in [0.4, 0.5) is 9.18 Å². The maximum atomic E-state index is 13.1. The van der Waals surface area contributed by atoms with Gasteiger partial charge >= 0.3 is 6.03 Å². The number of amides is 2. The van der Waals surface area contributed by atoms with E-state index in [4.69, 9.17) is 0 Å². The van der Waals surface area contributed by atoms with E-state index in [2.05, 4.69) is 48.7 Å². The maximum Gasteiger partial charge on any atom is 0.317 e. The molecule has 1 aliphatic heterocycles. The molecule has 2 N–H and O–H groups in total. The Kier molecular flexibility index (Phi) is 7.04. The number of hydrogen-bond acceptors (Lipinski definition) is 2. The van der Waals surface area contributed by atoms with Gasteiger partial charge < -0.3 is 15.5 Å². The van der Waals surface area contributed by atoms with E-state index in [1.165, 1.54) is 23.3 Å². The van der Waals surface area contributed by atoms with Crippen LogP contribution in [0.2, 0.25) is 0 Å². The molecule has 2 aromatic carbocycles. The lowest BCUT2D eigenvalue weighted by Crippen LogP contribution is -2.49. The van der Waals surface area contributed by atoms with Crippen LogP contribution in [-0.2, 0) is 19.4 Å². The SMILES string of the molecule is CC(C)CN(CCc1ccc(F)cc1)C(=O)NCC1Cc2ccccc2CN1. The third kappa shape index (κ3) is 5.80. The van der Waals surface area contributed by atoms with Crippen molar-refractivity contribution in [2.24, 2.45) is 5.92 Å². The van der Waals surface area contributed by atoms with Gasteiger partial charge in [-0.25, -0.2) is 9.18 Å². The zero-order valence-electron chi connectivity index (χ0n) is 16.7. The Morgan fingerprint density at radius 2 is 1.89 bits per heavy atom. The Balaban J connectivity index is 1.52. The third-order valence-corrected chi connectivity index (χ3v) is 5.12. The second kappa shape index (κ2) is 9.69. The molecular weight excluding hydrogens is 353 g/mol. The van der Waals surface area contributed by atoms with E-state index in [-0.39, 0.29) is 17.9 Å². The topological polar surface area (TPSA) is 44.4 Å². The number of carbonyl (C=O) groups is 1. The monoisotopic (exact) mass is 383 g/mol. The van der Waals surface area contributed by atoms with Gasteiger partial charge in [0.25, 0.3) is 0 Å². The smallest absolute Gasteiger partial charge is 0.317 e. The van der Waals surface area contributed by atoms with Crippen LogP contribution in [0.25, 0.3) is 0 Å². The molecule has 0 fully saturated rings. The maximum absolute atomic E-state index is 13.1. The van der Waals surface area contributed by atoms with E-state index >= 15 is 0 Å². The standard InChI is InChI=1S/C23H30FN3O/c1-17(2)16-27(12-11-18-7-9-21(24)10-8-18)23(28)26-15-22-13-19-5-3-4-6-20(19)14-25-22/h3-10,17,22,25H,11-16H2,1-2H3,(H,26,28). The first-order chi connectivity index (χ1) is 13.5. The molecular formula is C23H30FN3O. The largest absolute Gasteiger partial charge is 0.336 e. The molecule has 4 nitrogen and oxygen atoms in total. The number of hydrogen-bond donors (Lipinski definition) is 2. The van der Waals surface area contributed by atoms with Crippen LogP contribution in [-0.4, -0.2) is 36.6 Å². The summed E-state index contributed by atoms with van der Waals surface area (Å²) in [5.74, 6) is 0.153. The summed E-state index contributed by atoms with van der Waals surface area (Å²) in [4.78, 5) is 14.6. The van der Waals surface area contributed by atoms with E-state index in [9.17, 15) is 9.18 Å². The minimum absolute atomic E-state index is 0.0310. The Hall–Kier alpha value is -2.40. The molecule has 150 valence electrons. The van der Waals surface area contributed by atoms with Crippen LogP contribution in [0.3, 0.4) is 0 Å². The minimum Gasteiger partial charge on any atom is -0.336 e. The first-order valence-electron chi connectivity index (χ1n) is 10.1. The zero-order valence-corrected chi connectivity index (χ0v) is 16.7. The summed E-state index contributed by atoms with van der Waals surface area (Å²) in [5.41, 5.74) is 3.73. The average Bonchev–Trinajstić information content (AvgIpc) is 2.70. The second-order valence-corrected chi connectivity index (χ2v) is 7.95. The van der Waals surface area contributed by atoms with Crippen LogP contribution in [0, 0.1) is 11.7 Å². The molecule has 28 heavy (non-hydrogen) atoms. The fourth-order valence-electron chi connectivity index (χ4n) is 3.62. The van der Waals surface area contributed by atoms with Crippen LogP contribution in [0.5, 0.6) is 0 Å². The van der Waals surface area contributed by atoms with Crippen molar-refractivity contribution >= 4 is 6.03 Å². The molecule has 0 aromatic heterocycles. The lowest BCUT2D eigenvalue weighted by molar-refractivity contribution is 0.190. The quantitative estimate of drug-likeness (QED) is 0.765. The van der Waals surface area contributed by atoms with Gasteiger partial charge in [0.1, 0.15) is 5.82 Å². The van der Waals surface area contributed by atoms with Gasteiger partial charge in [-0.05, 0) is 47.6 Å². The highest BCUT2D eigenvalue weighted by Gasteiger charge is 2.20. The number of benzene rings is 2. The predicted octanol–water partition coefficient (Wildman–Crippen LogP) is 3.75. The Labute approximate surface area is 167 Å². The van der Waals surface area contributed by atoms with E-state index in [0.717, 1.165) is 24.9 Å². The number of nitrogens with zero attached hydrogens (tertiary/aromatic N) is 1. The molecule has 0 spiro atoms. The highest BCUT2D eigenvalue weighted by Crippen LogP contribution is 2.16. The minimum atomic E-state index is -0.234. The van der Waals surface area contributed by atoms with Crippen molar-refractivity contribution in [3.8, 4) is 0 Å². The average molecular weight is 384 g/mol. The lowest BCUT2D eigenvalue weighted by Gasteiger charge is -2.29. The molecule has 0 aliphatic carbocycles. The molecule has 0 radical (unpaired) electrons. The van der Waals surface area contributed by atoms with E-state index < -0.39 is 0 Å². The van der Waals surface area contributed by atoms with Crippen molar-refractivity contribution < 1.29 is 9.18 Å². The van der Waals surface area contributed by atoms with Gasteiger partial charge in [0.15, 0.2) is 0 Å². The number of fused-ring (bicyclic) bond motifs is 1. The summed E-state index contributed by atoms with van der Waals surface area (Å²) in [6.45, 7) is 7.00. The number of halogens is 1. The molecule has 3 rings (SSSR count).